The van der Waals surface area contributed by atoms with E-state index in [1.807, 2.05) is 0 Å². The first-order valence-electron chi connectivity index (χ1n) is 5.93. The highest BCUT2D eigenvalue weighted by Crippen LogP contribution is 2.04. The van der Waals surface area contributed by atoms with Gasteiger partial charge in [0, 0.05) is 25.2 Å². The molecule has 0 aromatic heterocycles. The Labute approximate surface area is 90.3 Å². The van der Waals surface area contributed by atoms with Crippen molar-refractivity contribution in [1.82, 2.24) is 9.80 Å². The number of hydrogen-bond acceptors (Lipinski definition) is 2. The third-order valence-corrected chi connectivity index (χ3v) is 2.67. The molecule has 86 valence electrons. The van der Waals surface area contributed by atoms with Crippen LogP contribution in [0.2, 0.25) is 0 Å². The van der Waals surface area contributed by atoms with Gasteiger partial charge in [-0.1, -0.05) is 6.92 Å². The summed E-state index contributed by atoms with van der Waals surface area (Å²) in [7, 11) is 2.21. The summed E-state index contributed by atoms with van der Waals surface area (Å²) in [6, 6.07) is 1.31. The molecule has 0 saturated carbocycles. The van der Waals surface area contributed by atoms with E-state index in [1.165, 1.54) is 26.1 Å². The van der Waals surface area contributed by atoms with Crippen molar-refractivity contribution in [2.75, 3.05) is 26.7 Å². The second kappa shape index (κ2) is 7.24. The molecule has 0 spiro atoms. The maximum atomic E-state index is 2.55. The van der Waals surface area contributed by atoms with E-state index in [0.29, 0.717) is 12.1 Å². The van der Waals surface area contributed by atoms with Crippen LogP contribution in [0.5, 0.6) is 0 Å². The highest BCUT2D eigenvalue weighted by atomic mass is 15.2. The van der Waals surface area contributed by atoms with Crippen molar-refractivity contribution >= 4 is 0 Å². The molecule has 0 amide bonds. The molecule has 0 aliphatic heterocycles. The molecule has 0 unspecified atom stereocenters. The van der Waals surface area contributed by atoms with Crippen LogP contribution in [0.1, 0.15) is 41.0 Å². The molecule has 0 rings (SSSR count). The smallest absolute Gasteiger partial charge is 0.0115 e. The van der Waals surface area contributed by atoms with Gasteiger partial charge in [-0.2, -0.15) is 0 Å². The van der Waals surface area contributed by atoms with Crippen LogP contribution in [0, 0.1) is 0 Å². The fourth-order valence-corrected chi connectivity index (χ4v) is 1.89. The molecule has 0 radical (unpaired) electrons. The summed E-state index contributed by atoms with van der Waals surface area (Å²) in [6.07, 6.45) is 1.25. The second-order valence-electron chi connectivity index (χ2n) is 4.73. The highest BCUT2D eigenvalue weighted by Gasteiger charge is 2.13. The average Bonchev–Trinajstić information content (AvgIpc) is 2.03. The third-order valence-electron chi connectivity index (χ3n) is 2.67. The van der Waals surface area contributed by atoms with Crippen LogP contribution in [0.3, 0.4) is 0 Å². The van der Waals surface area contributed by atoms with Crippen molar-refractivity contribution in [3.8, 4) is 0 Å². The number of likely N-dealkylation sites (N-methyl/N-ethyl adjacent to an activating group) is 1. The molecule has 0 N–H and O–H groups in total. The Hall–Kier alpha value is -0.0800. The van der Waals surface area contributed by atoms with E-state index in [-0.39, 0.29) is 0 Å². The highest BCUT2D eigenvalue weighted by molar-refractivity contribution is 4.68. The molecule has 2 heteroatoms. The Balaban J connectivity index is 3.82. The maximum Gasteiger partial charge on any atom is 0.0115 e. The minimum atomic E-state index is 0.657. The molecule has 0 aliphatic carbocycles. The van der Waals surface area contributed by atoms with Gasteiger partial charge in [0.2, 0.25) is 0 Å². The van der Waals surface area contributed by atoms with Gasteiger partial charge in [0.1, 0.15) is 0 Å². The van der Waals surface area contributed by atoms with Crippen LogP contribution >= 0.6 is 0 Å². The lowest BCUT2D eigenvalue weighted by atomic mass is 10.2. The van der Waals surface area contributed by atoms with Crippen LogP contribution in [0.4, 0.5) is 0 Å². The Bertz CT molecular complexity index is 124. The van der Waals surface area contributed by atoms with E-state index >= 15 is 0 Å². The van der Waals surface area contributed by atoms with Crippen molar-refractivity contribution in [3.05, 3.63) is 0 Å². The van der Waals surface area contributed by atoms with Gasteiger partial charge in [0.05, 0.1) is 0 Å². The minimum absolute atomic E-state index is 0.657. The molecule has 14 heavy (non-hydrogen) atoms. The summed E-state index contributed by atoms with van der Waals surface area (Å²) in [5.74, 6) is 0. The molecule has 0 bridgehead atoms. The first-order valence-corrected chi connectivity index (χ1v) is 5.93. The topological polar surface area (TPSA) is 6.48 Å². The Morgan fingerprint density at radius 3 is 1.71 bits per heavy atom. The van der Waals surface area contributed by atoms with E-state index in [2.05, 4.69) is 51.5 Å². The van der Waals surface area contributed by atoms with E-state index in [1.54, 1.807) is 0 Å². The van der Waals surface area contributed by atoms with Crippen molar-refractivity contribution in [2.24, 2.45) is 0 Å². The van der Waals surface area contributed by atoms with Crippen LogP contribution in [0.25, 0.3) is 0 Å². The summed E-state index contributed by atoms with van der Waals surface area (Å²) >= 11 is 0. The van der Waals surface area contributed by atoms with E-state index < -0.39 is 0 Å². The van der Waals surface area contributed by atoms with Gasteiger partial charge in [-0.05, 0) is 47.7 Å². The second-order valence-corrected chi connectivity index (χ2v) is 4.73. The van der Waals surface area contributed by atoms with Gasteiger partial charge in [-0.25, -0.2) is 0 Å². The van der Waals surface area contributed by atoms with Crippen molar-refractivity contribution in [1.29, 1.82) is 0 Å². The number of rotatable bonds is 7. The molecular weight excluding hydrogens is 172 g/mol. The van der Waals surface area contributed by atoms with Crippen molar-refractivity contribution in [3.63, 3.8) is 0 Å². The predicted octanol–water partition coefficient (Wildman–Crippen LogP) is 2.45. The standard InChI is InChI=1S/C12H28N2/c1-7-8-13(6)9-10-14(11(2)3)12(4)5/h11-12H,7-10H2,1-6H3. The van der Waals surface area contributed by atoms with Crippen LogP contribution in [0.15, 0.2) is 0 Å². The maximum absolute atomic E-state index is 2.55. The normalized spacial score (nSPS) is 12.4. The van der Waals surface area contributed by atoms with Gasteiger partial charge < -0.3 is 4.90 Å². The van der Waals surface area contributed by atoms with Crippen LogP contribution in [-0.4, -0.2) is 48.6 Å². The van der Waals surface area contributed by atoms with Crippen LogP contribution < -0.4 is 0 Å². The zero-order valence-corrected chi connectivity index (χ0v) is 10.9. The minimum Gasteiger partial charge on any atom is -0.305 e. The zero-order chi connectivity index (χ0) is 11.1. The lowest BCUT2D eigenvalue weighted by Crippen LogP contribution is -2.41. The summed E-state index contributed by atoms with van der Waals surface area (Å²) < 4.78 is 0. The van der Waals surface area contributed by atoms with Crippen molar-refractivity contribution < 1.29 is 0 Å². The summed E-state index contributed by atoms with van der Waals surface area (Å²) in [5.41, 5.74) is 0. The Morgan fingerprint density at radius 1 is 0.857 bits per heavy atom. The quantitative estimate of drug-likeness (QED) is 0.623. The van der Waals surface area contributed by atoms with E-state index in [0.717, 1.165) is 0 Å². The lowest BCUT2D eigenvalue weighted by molar-refractivity contribution is 0.152. The molecule has 0 fully saturated rings. The SMILES string of the molecule is CCCN(C)CCN(C(C)C)C(C)C. The predicted molar refractivity (Wildman–Crippen MR) is 64.8 cm³/mol. The van der Waals surface area contributed by atoms with Crippen LogP contribution in [-0.2, 0) is 0 Å². The van der Waals surface area contributed by atoms with Gasteiger partial charge in [-0.3, -0.25) is 4.90 Å². The molecular formula is C12H28N2. The van der Waals surface area contributed by atoms with E-state index in [4.69, 9.17) is 0 Å². The Kier molecular flexibility index (Phi) is 7.20. The number of hydrogen-bond donors (Lipinski definition) is 0. The molecule has 0 atom stereocenters. The summed E-state index contributed by atoms with van der Waals surface area (Å²) in [4.78, 5) is 4.96. The fourth-order valence-electron chi connectivity index (χ4n) is 1.89. The summed E-state index contributed by atoms with van der Waals surface area (Å²) in [5, 5.41) is 0. The van der Waals surface area contributed by atoms with E-state index in [9.17, 15) is 0 Å². The van der Waals surface area contributed by atoms with Gasteiger partial charge >= 0.3 is 0 Å². The first kappa shape index (κ1) is 13.9. The molecule has 0 heterocycles. The monoisotopic (exact) mass is 200 g/mol. The molecule has 0 aromatic rings. The molecule has 0 saturated heterocycles. The van der Waals surface area contributed by atoms with Gasteiger partial charge in [0.25, 0.3) is 0 Å². The molecule has 0 aliphatic rings. The zero-order valence-electron chi connectivity index (χ0n) is 10.9. The van der Waals surface area contributed by atoms with Gasteiger partial charge in [0.15, 0.2) is 0 Å². The Morgan fingerprint density at radius 2 is 1.36 bits per heavy atom. The fraction of sp³-hybridized carbons (Fsp3) is 1.00. The third kappa shape index (κ3) is 5.61. The van der Waals surface area contributed by atoms with Crippen molar-refractivity contribution in [2.45, 2.75) is 53.1 Å². The molecule has 0 aromatic carbocycles. The largest absolute Gasteiger partial charge is 0.305 e. The molecule has 2 nitrogen and oxygen atoms in total. The first-order chi connectivity index (χ1) is 6.49. The number of nitrogens with zero attached hydrogens (tertiary/aromatic N) is 2. The lowest BCUT2D eigenvalue weighted by Gasteiger charge is -2.32. The summed E-state index contributed by atoms with van der Waals surface area (Å²) in [6.45, 7) is 14.9. The van der Waals surface area contributed by atoms with Gasteiger partial charge in [-0.15, -0.1) is 0 Å². The average molecular weight is 200 g/mol.